The summed E-state index contributed by atoms with van der Waals surface area (Å²) in [5, 5.41) is 0. The molecule has 0 rings (SSSR count). The Kier molecular flexibility index (Phi) is 116. The molecule has 0 aliphatic rings. The van der Waals surface area contributed by atoms with Gasteiger partial charge >= 0.3 is 44.7 Å². The molecule has 0 unspecified atom stereocenters. The topological polar surface area (TPSA) is 0 Å². The molecular formula is H4CoInLiU. The zero-order chi connectivity index (χ0) is 0. The summed E-state index contributed by atoms with van der Waals surface area (Å²) in [7, 11) is 0. The zero-order valence-corrected chi connectivity index (χ0v) is 6.04. The third kappa shape index (κ3) is 8.90. The third-order valence-electron chi connectivity index (χ3n) is 0. The number of hydrogen-bond donors (Lipinski definition) is 0. The van der Waals surface area contributed by atoms with Crippen LogP contribution in [0.2, 0.25) is 0 Å². The van der Waals surface area contributed by atoms with E-state index < -0.39 is 0 Å². The second-order valence-corrected chi connectivity index (χ2v) is 0. The summed E-state index contributed by atoms with van der Waals surface area (Å²) in [5.74, 6) is 0. The van der Waals surface area contributed by atoms with Crippen molar-refractivity contribution in [3.63, 3.8) is 0 Å². The van der Waals surface area contributed by atoms with Gasteiger partial charge in [-0.2, -0.15) is 0 Å². The zero-order valence-electron chi connectivity index (χ0n) is 0.833. The van der Waals surface area contributed by atoms with Crippen molar-refractivity contribution in [1.82, 2.24) is 0 Å². The van der Waals surface area contributed by atoms with Gasteiger partial charge in [-0.3, -0.25) is 0 Å². The van der Waals surface area contributed by atoms with E-state index in [9.17, 15) is 0 Å². The first-order valence-corrected chi connectivity index (χ1v) is 0. The fourth-order valence-electron chi connectivity index (χ4n) is 0. The SMILES string of the molecule is [Co].[InH3].[LiH].[U]. The van der Waals surface area contributed by atoms with Crippen LogP contribution in [-0.2, 0) is 16.8 Å². The molecule has 0 heterocycles. The maximum Gasteiger partial charge on any atom is 0 e. The molecule has 0 saturated heterocycles. The van der Waals surface area contributed by atoms with Crippen molar-refractivity contribution < 1.29 is 47.9 Å². The molecule has 0 fully saturated rings. The van der Waals surface area contributed by atoms with Crippen LogP contribution in [0.25, 0.3) is 0 Å². The van der Waals surface area contributed by atoms with E-state index in [0.29, 0.717) is 0 Å². The molecule has 0 aliphatic heterocycles. The van der Waals surface area contributed by atoms with Crippen LogP contribution < -0.4 is 0 Å². The van der Waals surface area contributed by atoms with Crippen LogP contribution in [0.4, 0.5) is 0 Å². The van der Waals surface area contributed by atoms with Gasteiger partial charge in [0, 0.05) is 47.9 Å². The third-order valence-corrected chi connectivity index (χ3v) is 0. The Morgan fingerprint density at radius 3 is 1.00 bits per heavy atom. The quantitative estimate of drug-likeness (QED) is 0.403. The van der Waals surface area contributed by atoms with E-state index in [2.05, 4.69) is 0 Å². The summed E-state index contributed by atoms with van der Waals surface area (Å²) < 4.78 is 0. The second kappa shape index (κ2) is 16.6. The fraction of sp³-hybridized carbons (Fsp3) is 0. The number of hydrogen-bond acceptors (Lipinski definition) is 0. The molecule has 0 aromatic rings. The van der Waals surface area contributed by atoms with Gasteiger partial charge in [-0.1, -0.05) is 0 Å². The van der Waals surface area contributed by atoms with Gasteiger partial charge in [0.15, 0.2) is 0 Å². The molecule has 0 atom stereocenters. The minimum absolute atomic E-state index is 0. The van der Waals surface area contributed by atoms with Crippen molar-refractivity contribution in [2.24, 2.45) is 0 Å². The Labute approximate surface area is 90.8 Å². The number of rotatable bonds is 0. The van der Waals surface area contributed by atoms with E-state index in [0.717, 1.165) is 0 Å². The average Bonchev–Trinajstić information content (AvgIpc) is 0. The predicted octanol–water partition coefficient (Wildman–Crippen LogP) is -1.83. The van der Waals surface area contributed by atoms with E-state index in [1.165, 1.54) is 0 Å². The molecule has 0 aliphatic carbocycles. The molecule has 4 heteroatoms. The van der Waals surface area contributed by atoms with Crippen LogP contribution in [0.1, 0.15) is 0 Å². The van der Waals surface area contributed by atoms with Crippen molar-refractivity contribution in [1.29, 1.82) is 0 Å². The van der Waals surface area contributed by atoms with Crippen LogP contribution in [0.15, 0.2) is 0 Å². The van der Waals surface area contributed by atoms with Gasteiger partial charge in [0.05, 0.1) is 0 Å². The molecule has 0 spiro atoms. The van der Waals surface area contributed by atoms with E-state index in [-0.39, 0.29) is 92.6 Å². The van der Waals surface area contributed by atoms with Crippen molar-refractivity contribution in [2.75, 3.05) is 0 Å². The summed E-state index contributed by atoms with van der Waals surface area (Å²) in [5.41, 5.74) is 0. The summed E-state index contributed by atoms with van der Waals surface area (Å²) in [6.07, 6.45) is 0. The summed E-state index contributed by atoms with van der Waals surface area (Å²) in [6.45, 7) is 0. The summed E-state index contributed by atoms with van der Waals surface area (Å²) in [4.78, 5) is 0. The Morgan fingerprint density at radius 2 is 1.00 bits per heavy atom. The first-order chi connectivity index (χ1) is 0. The molecule has 1 radical (unpaired) electrons. The predicted molar refractivity (Wildman–Crippen MR) is 17.1 cm³/mol. The molecule has 0 amide bonds. The average molecular weight is 423 g/mol. The van der Waals surface area contributed by atoms with Gasteiger partial charge in [0.2, 0.25) is 0 Å². The van der Waals surface area contributed by atoms with Gasteiger partial charge in [0.25, 0.3) is 0 Å². The van der Waals surface area contributed by atoms with E-state index >= 15 is 0 Å². The maximum absolute atomic E-state index is 0. The largest absolute Gasteiger partial charge is 0 e. The Bertz CT molecular complexity index is 8.00. The van der Waals surface area contributed by atoms with Crippen molar-refractivity contribution in [3.05, 3.63) is 0 Å². The van der Waals surface area contributed by atoms with E-state index in [4.69, 9.17) is 0 Å². The van der Waals surface area contributed by atoms with Gasteiger partial charge < -0.3 is 0 Å². The molecule has 0 saturated carbocycles. The van der Waals surface area contributed by atoms with E-state index in [1.54, 1.807) is 0 Å². The second-order valence-electron chi connectivity index (χ2n) is 0. The van der Waals surface area contributed by atoms with Gasteiger partial charge in [-0.25, -0.2) is 0 Å². The molecule has 0 aromatic carbocycles. The van der Waals surface area contributed by atoms with E-state index in [1.807, 2.05) is 0 Å². The maximum atomic E-state index is 0. The normalized spacial score (nSPS) is 0. The summed E-state index contributed by atoms with van der Waals surface area (Å²) >= 11 is 0. The first kappa shape index (κ1) is 27.9. The molecule has 0 aromatic heterocycles. The molecule has 0 nitrogen and oxygen atoms in total. The van der Waals surface area contributed by atoms with Crippen LogP contribution in [0, 0.1) is 31.1 Å². The van der Waals surface area contributed by atoms with Crippen LogP contribution in [0.3, 0.4) is 0 Å². The molecule has 4 heavy (non-hydrogen) atoms. The first-order valence-electron chi connectivity index (χ1n) is 0. The minimum atomic E-state index is 0. The Balaban J connectivity index is 0. The molecule has 21 valence electrons. The molecule has 0 bridgehead atoms. The minimum Gasteiger partial charge on any atom is 0 e. The van der Waals surface area contributed by atoms with Crippen molar-refractivity contribution in [3.8, 4) is 0 Å². The Morgan fingerprint density at radius 1 is 1.00 bits per heavy atom. The van der Waals surface area contributed by atoms with Crippen LogP contribution in [0.5, 0.6) is 0 Å². The van der Waals surface area contributed by atoms with Gasteiger partial charge in [-0.05, 0) is 0 Å². The smallest absolute Gasteiger partial charge is 0 e. The van der Waals surface area contributed by atoms with Gasteiger partial charge in [0.1, 0.15) is 0 Å². The fourth-order valence-corrected chi connectivity index (χ4v) is 0. The van der Waals surface area contributed by atoms with Crippen LogP contribution in [-0.4, -0.2) is 44.7 Å². The Hall–Kier alpha value is 3.03. The summed E-state index contributed by atoms with van der Waals surface area (Å²) in [6, 6.07) is 0. The van der Waals surface area contributed by atoms with Crippen molar-refractivity contribution >= 4 is 44.7 Å². The monoisotopic (exact) mass is 423 g/mol. The van der Waals surface area contributed by atoms with Crippen LogP contribution >= 0.6 is 0 Å². The standard InChI is InChI=1S/Co.In.Li.U.4H. The van der Waals surface area contributed by atoms with Gasteiger partial charge in [-0.15, -0.1) is 0 Å². The molecule has 0 N–H and O–H groups in total. The molecular weight excluding hydrogens is 419 g/mol. The van der Waals surface area contributed by atoms with Crippen molar-refractivity contribution in [2.45, 2.75) is 0 Å².